The highest BCUT2D eigenvalue weighted by Crippen LogP contribution is 2.61. The van der Waals surface area contributed by atoms with E-state index >= 15 is 0 Å². The van der Waals surface area contributed by atoms with Crippen LogP contribution in [0.15, 0.2) is 18.2 Å². The molecule has 0 radical (unpaired) electrons. The first-order valence-electron chi connectivity index (χ1n) is 6.17. The fraction of sp³-hybridized carbons (Fsp3) is 0.500. The zero-order chi connectivity index (χ0) is 11.9. The summed E-state index contributed by atoms with van der Waals surface area (Å²) in [6.07, 6.45) is 5.35. The molecule has 1 aromatic carbocycles. The zero-order valence-electron chi connectivity index (χ0n) is 9.67. The molecule has 0 unspecified atom stereocenters. The average molecular weight is 230 g/mol. The molecule has 1 aromatic rings. The van der Waals surface area contributed by atoms with Crippen LogP contribution in [-0.2, 0) is 0 Å². The summed E-state index contributed by atoms with van der Waals surface area (Å²) in [6.45, 7) is 0.947. The Hall–Kier alpha value is -1.56. The summed E-state index contributed by atoms with van der Waals surface area (Å²) >= 11 is 0. The molecule has 3 rings (SSSR count). The van der Waals surface area contributed by atoms with E-state index in [0.29, 0.717) is 5.41 Å². The number of nitrogens with zero attached hydrogens (tertiary/aromatic N) is 1. The lowest BCUT2D eigenvalue weighted by Gasteiger charge is -2.16. The predicted molar refractivity (Wildman–Crippen MR) is 64.0 cm³/mol. The highest BCUT2D eigenvalue weighted by atomic mass is 19.1. The van der Waals surface area contributed by atoms with Gasteiger partial charge in [0.25, 0.3) is 0 Å². The summed E-state index contributed by atoms with van der Waals surface area (Å²) in [5.41, 5.74) is 1.40. The van der Waals surface area contributed by atoms with E-state index in [9.17, 15) is 4.39 Å². The van der Waals surface area contributed by atoms with Gasteiger partial charge in [-0.3, -0.25) is 0 Å². The molecule has 0 aromatic heterocycles. The Morgan fingerprint density at radius 2 is 2.18 bits per heavy atom. The van der Waals surface area contributed by atoms with Crippen LogP contribution in [0, 0.1) is 28.5 Å². The van der Waals surface area contributed by atoms with Crippen molar-refractivity contribution in [3.8, 4) is 6.07 Å². The molecule has 0 bridgehead atoms. The first kappa shape index (κ1) is 10.6. The van der Waals surface area contributed by atoms with Crippen molar-refractivity contribution in [1.82, 2.24) is 0 Å². The van der Waals surface area contributed by atoms with E-state index in [0.717, 1.165) is 18.2 Å². The molecule has 2 nitrogen and oxygen atoms in total. The monoisotopic (exact) mass is 230 g/mol. The molecule has 88 valence electrons. The number of hydrogen-bond donors (Lipinski definition) is 1. The van der Waals surface area contributed by atoms with Crippen LogP contribution < -0.4 is 5.32 Å². The Labute approximate surface area is 100 Å². The van der Waals surface area contributed by atoms with Crippen molar-refractivity contribution in [3.05, 3.63) is 29.6 Å². The Morgan fingerprint density at radius 1 is 1.41 bits per heavy atom. The van der Waals surface area contributed by atoms with Crippen molar-refractivity contribution in [2.45, 2.75) is 25.7 Å². The number of benzene rings is 1. The minimum atomic E-state index is -0.436. The minimum absolute atomic E-state index is 0.110. The third kappa shape index (κ3) is 2.00. The summed E-state index contributed by atoms with van der Waals surface area (Å²) in [4.78, 5) is 0. The van der Waals surface area contributed by atoms with Gasteiger partial charge in [0.15, 0.2) is 0 Å². The molecule has 0 spiro atoms. The molecule has 0 aliphatic heterocycles. The molecule has 3 heteroatoms. The number of rotatable bonds is 4. The molecular weight excluding hydrogens is 215 g/mol. The smallest absolute Gasteiger partial charge is 0.143 e. The molecule has 17 heavy (non-hydrogen) atoms. The Balaban J connectivity index is 1.65. The second-order valence-electron chi connectivity index (χ2n) is 5.30. The normalized spacial score (nSPS) is 20.7. The van der Waals surface area contributed by atoms with Gasteiger partial charge in [0, 0.05) is 12.2 Å². The summed E-state index contributed by atoms with van der Waals surface area (Å²) in [5.74, 6) is 0.465. The number of anilines is 1. The minimum Gasteiger partial charge on any atom is -0.384 e. The molecule has 2 fully saturated rings. The van der Waals surface area contributed by atoms with Crippen LogP contribution in [0.2, 0.25) is 0 Å². The van der Waals surface area contributed by atoms with Crippen molar-refractivity contribution >= 4 is 5.69 Å². The van der Waals surface area contributed by atoms with Crippen molar-refractivity contribution in [3.63, 3.8) is 0 Å². The fourth-order valence-electron chi connectivity index (χ4n) is 2.58. The maximum absolute atomic E-state index is 13.4. The highest BCUT2D eigenvalue weighted by Gasteiger charge is 2.53. The molecule has 2 aliphatic rings. The van der Waals surface area contributed by atoms with Crippen LogP contribution in [0.3, 0.4) is 0 Å². The van der Waals surface area contributed by atoms with E-state index in [1.54, 1.807) is 6.07 Å². The maximum Gasteiger partial charge on any atom is 0.143 e. The Kier molecular flexibility index (Phi) is 2.32. The van der Waals surface area contributed by atoms with Gasteiger partial charge in [-0.25, -0.2) is 4.39 Å². The highest BCUT2D eigenvalue weighted by molar-refractivity contribution is 5.48. The molecule has 0 amide bonds. The van der Waals surface area contributed by atoms with Gasteiger partial charge in [-0.1, -0.05) is 0 Å². The Bertz CT molecular complexity index is 481. The molecular formula is C14H15FN2. The molecule has 2 saturated carbocycles. The van der Waals surface area contributed by atoms with Crippen LogP contribution in [0.1, 0.15) is 31.2 Å². The van der Waals surface area contributed by atoms with E-state index in [1.807, 2.05) is 6.07 Å². The third-order valence-electron chi connectivity index (χ3n) is 4.07. The second-order valence-corrected chi connectivity index (χ2v) is 5.30. The van der Waals surface area contributed by atoms with Gasteiger partial charge in [0.2, 0.25) is 0 Å². The fourth-order valence-corrected chi connectivity index (χ4v) is 2.58. The van der Waals surface area contributed by atoms with Crippen LogP contribution in [0.4, 0.5) is 10.1 Å². The quantitative estimate of drug-likeness (QED) is 0.861. The summed E-state index contributed by atoms with van der Waals surface area (Å²) in [7, 11) is 0. The SMILES string of the molecule is N#Cc1ccc(NCC2(C3CC3)CC2)cc1F. The van der Waals surface area contributed by atoms with Gasteiger partial charge >= 0.3 is 0 Å². The lowest BCUT2D eigenvalue weighted by atomic mass is 10.0. The van der Waals surface area contributed by atoms with Gasteiger partial charge in [0.05, 0.1) is 5.56 Å². The first-order valence-corrected chi connectivity index (χ1v) is 6.17. The van der Waals surface area contributed by atoms with E-state index < -0.39 is 5.82 Å². The van der Waals surface area contributed by atoms with Gasteiger partial charge in [0.1, 0.15) is 11.9 Å². The lowest BCUT2D eigenvalue weighted by Crippen LogP contribution is -2.17. The maximum atomic E-state index is 13.4. The van der Waals surface area contributed by atoms with Gasteiger partial charge in [-0.2, -0.15) is 5.26 Å². The second kappa shape index (κ2) is 3.73. The number of halogens is 1. The van der Waals surface area contributed by atoms with Crippen molar-refractivity contribution in [2.75, 3.05) is 11.9 Å². The van der Waals surface area contributed by atoms with E-state index in [1.165, 1.54) is 37.8 Å². The first-order chi connectivity index (χ1) is 8.23. The van der Waals surface area contributed by atoms with Crippen molar-refractivity contribution in [2.24, 2.45) is 11.3 Å². The van der Waals surface area contributed by atoms with Crippen LogP contribution in [0.25, 0.3) is 0 Å². The third-order valence-corrected chi connectivity index (χ3v) is 4.07. The number of hydrogen-bond acceptors (Lipinski definition) is 2. The molecule has 2 aliphatic carbocycles. The van der Waals surface area contributed by atoms with Crippen LogP contribution in [-0.4, -0.2) is 6.54 Å². The molecule has 0 atom stereocenters. The molecule has 1 N–H and O–H groups in total. The number of nitrogens with one attached hydrogen (secondary N) is 1. The predicted octanol–water partition coefficient (Wildman–Crippen LogP) is 3.30. The zero-order valence-corrected chi connectivity index (χ0v) is 9.67. The van der Waals surface area contributed by atoms with E-state index in [-0.39, 0.29) is 5.56 Å². The standard InChI is InChI=1S/C14H15FN2/c15-13-7-12(4-1-10(13)8-16)17-9-14(5-6-14)11-2-3-11/h1,4,7,11,17H,2-3,5-6,9H2. The van der Waals surface area contributed by atoms with Crippen LogP contribution >= 0.6 is 0 Å². The van der Waals surface area contributed by atoms with Gasteiger partial charge in [-0.15, -0.1) is 0 Å². The lowest BCUT2D eigenvalue weighted by molar-refractivity contribution is 0.467. The summed E-state index contributed by atoms with van der Waals surface area (Å²) in [5, 5.41) is 12.0. The van der Waals surface area contributed by atoms with E-state index in [2.05, 4.69) is 5.32 Å². The van der Waals surface area contributed by atoms with Crippen LogP contribution in [0.5, 0.6) is 0 Å². The Morgan fingerprint density at radius 3 is 2.71 bits per heavy atom. The summed E-state index contributed by atoms with van der Waals surface area (Å²) in [6, 6.07) is 6.57. The van der Waals surface area contributed by atoms with Gasteiger partial charge in [-0.05, 0) is 55.2 Å². The largest absolute Gasteiger partial charge is 0.384 e. The molecule has 0 heterocycles. The van der Waals surface area contributed by atoms with Gasteiger partial charge < -0.3 is 5.32 Å². The van der Waals surface area contributed by atoms with Crippen molar-refractivity contribution < 1.29 is 4.39 Å². The molecule has 0 saturated heterocycles. The average Bonchev–Trinajstić information content (AvgIpc) is 3.17. The summed E-state index contributed by atoms with van der Waals surface area (Å²) < 4.78 is 13.4. The topological polar surface area (TPSA) is 35.8 Å². The van der Waals surface area contributed by atoms with E-state index in [4.69, 9.17) is 5.26 Å². The number of nitriles is 1. The van der Waals surface area contributed by atoms with Crippen molar-refractivity contribution in [1.29, 1.82) is 5.26 Å².